The van der Waals surface area contributed by atoms with E-state index in [0.717, 1.165) is 23.9 Å². The number of carbonyl (C=O) groups excluding carboxylic acids is 2. The molecule has 1 aliphatic rings. The van der Waals surface area contributed by atoms with E-state index in [1.165, 1.54) is 12.1 Å². The Morgan fingerprint density at radius 2 is 1.93 bits per heavy atom. The number of benzene rings is 2. The molecule has 1 aliphatic heterocycles. The number of fused-ring (bicyclic) bond motifs is 1. The third kappa shape index (κ3) is 4.83. The first-order valence-electron chi connectivity index (χ1n) is 8.43. The summed E-state index contributed by atoms with van der Waals surface area (Å²) in [5.74, 6) is -1.27. The molecule has 0 aliphatic carbocycles. The molecule has 0 radical (unpaired) electrons. The van der Waals surface area contributed by atoms with Gasteiger partial charge in [0.15, 0.2) is 0 Å². The number of alkyl halides is 3. The fraction of sp³-hybridized carbons (Fsp3) is 0.263. The summed E-state index contributed by atoms with van der Waals surface area (Å²) in [6.07, 6.45) is -4.32. The summed E-state index contributed by atoms with van der Waals surface area (Å²) in [6, 6.07) is 9.34. The average Bonchev–Trinajstić information content (AvgIpc) is 2.63. The molecule has 1 atom stereocenters. The van der Waals surface area contributed by atoms with Crippen LogP contribution in [0, 0.1) is 5.82 Å². The second-order valence-corrected chi connectivity index (χ2v) is 7.44. The van der Waals surface area contributed by atoms with Gasteiger partial charge in [-0.3, -0.25) is 9.59 Å². The minimum absolute atomic E-state index is 0.0843. The summed E-state index contributed by atoms with van der Waals surface area (Å²) < 4.78 is 51.9. The highest BCUT2D eigenvalue weighted by molar-refractivity contribution is 8.01. The Hall–Kier alpha value is -2.55. The van der Waals surface area contributed by atoms with Gasteiger partial charge in [0.2, 0.25) is 11.8 Å². The molecule has 9 heteroatoms. The van der Waals surface area contributed by atoms with Crippen molar-refractivity contribution in [3.63, 3.8) is 0 Å². The van der Waals surface area contributed by atoms with Crippen LogP contribution in [0.5, 0.6) is 0 Å². The van der Waals surface area contributed by atoms with Gasteiger partial charge in [-0.1, -0.05) is 18.2 Å². The molecule has 2 amide bonds. The largest absolute Gasteiger partial charge is 0.416 e. The zero-order chi connectivity index (χ0) is 20.3. The topological polar surface area (TPSA) is 58.2 Å². The number of thioether (sulfide) groups is 1. The van der Waals surface area contributed by atoms with Gasteiger partial charge in [-0.25, -0.2) is 4.39 Å². The third-order valence-electron chi connectivity index (χ3n) is 4.17. The maximum absolute atomic E-state index is 13.5. The quantitative estimate of drug-likeness (QED) is 0.730. The van der Waals surface area contributed by atoms with Crippen LogP contribution in [0.4, 0.5) is 23.2 Å². The maximum Gasteiger partial charge on any atom is 0.416 e. The predicted molar refractivity (Wildman–Crippen MR) is 97.4 cm³/mol. The van der Waals surface area contributed by atoms with Gasteiger partial charge in [0.25, 0.3) is 0 Å². The first-order valence-corrected chi connectivity index (χ1v) is 9.31. The second kappa shape index (κ2) is 8.22. The Morgan fingerprint density at radius 3 is 2.64 bits per heavy atom. The zero-order valence-electron chi connectivity index (χ0n) is 14.5. The molecule has 1 heterocycles. The number of carbonyl (C=O) groups is 2. The van der Waals surface area contributed by atoms with Crippen LogP contribution in [0.1, 0.15) is 17.5 Å². The first kappa shape index (κ1) is 20.2. The summed E-state index contributed by atoms with van der Waals surface area (Å²) in [6.45, 7) is 0.213. The van der Waals surface area contributed by atoms with Crippen molar-refractivity contribution in [3.8, 4) is 0 Å². The molecule has 0 bridgehead atoms. The van der Waals surface area contributed by atoms with E-state index in [4.69, 9.17) is 0 Å². The molecule has 2 N–H and O–H groups in total. The first-order chi connectivity index (χ1) is 13.2. The molecule has 0 fully saturated rings. The molecule has 3 rings (SSSR count). The third-order valence-corrected chi connectivity index (χ3v) is 5.45. The average molecular weight is 412 g/mol. The molecule has 0 aromatic heterocycles. The molecule has 0 saturated heterocycles. The smallest absolute Gasteiger partial charge is 0.356 e. The van der Waals surface area contributed by atoms with Crippen LogP contribution >= 0.6 is 11.8 Å². The van der Waals surface area contributed by atoms with E-state index in [9.17, 15) is 27.2 Å². The number of nitrogens with one attached hydrogen (secondary N) is 2. The number of hydrogen-bond acceptors (Lipinski definition) is 3. The van der Waals surface area contributed by atoms with Crippen LogP contribution in [-0.4, -0.2) is 23.6 Å². The van der Waals surface area contributed by atoms with Gasteiger partial charge in [0.1, 0.15) is 5.82 Å². The molecular weight excluding hydrogens is 396 g/mol. The Bertz CT molecular complexity index is 902. The van der Waals surface area contributed by atoms with Gasteiger partial charge >= 0.3 is 6.18 Å². The fourth-order valence-electron chi connectivity index (χ4n) is 2.74. The number of amides is 2. The summed E-state index contributed by atoms with van der Waals surface area (Å²) in [4.78, 5) is 24.7. The standard InChI is InChI=1S/C19H16F4N2O2S/c20-13-4-2-1-3-11(13)7-8-24-17(26)10-16-18(27)25-14-9-12(19(21,22)23)5-6-15(14)28-16/h1-6,9,16H,7-8,10H2,(H,24,26)(H,25,27). The molecule has 1 unspecified atom stereocenters. The lowest BCUT2D eigenvalue weighted by atomic mass is 10.1. The van der Waals surface area contributed by atoms with Gasteiger partial charge in [0.05, 0.1) is 16.5 Å². The van der Waals surface area contributed by atoms with Crippen LogP contribution in [0.25, 0.3) is 0 Å². The number of anilines is 1. The molecular formula is C19H16F4N2O2S. The van der Waals surface area contributed by atoms with Crippen molar-refractivity contribution in [2.24, 2.45) is 0 Å². The lowest BCUT2D eigenvalue weighted by Crippen LogP contribution is -2.35. The van der Waals surface area contributed by atoms with Crippen LogP contribution in [0.2, 0.25) is 0 Å². The highest BCUT2D eigenvalue weighted by atomic mass is 32.2. The van der Waals surface area contributed by atoms with E-state index in [1.807, 2.05) is 0 Å². The lowest BCUT2D eigenvalue weighted by Gasteiger charge is -2.24. The highest BCUT2D eigenvalue weighted by Gasteiger charge is 2.34. The van der Waals surface area contributed by atoms with E-state index in [2.05, 4.69) is 10.6 Å². The van der Waals surface area contributed by atoms with Crippen LogP contribution in [-0.2, 0) is 22.2 Å². The zero-order valence-corrected chi connectivity index (χ0v) is 15.3. The van der Waals surface area contributed by atoms with Crippen molar-refractivity contribution < 1.29 is 27.2 Å². The van der Waals surface area contributed by atoms with Gasteiger partial charge < -0.3 is 10.6 Å². The van der Waals surface area contributed by atoms with Crippen molar-refractivity contribution in [3.05, 3.63) is 59.4 Å². The number of halogens is 4. The monoisotopic (exact) mass is 412 g/mol. The van der Waals surface area contributed by atoms with E-state index < -0.39 is 22.9 Å². The Morgan fingerprint density at radius 1 is 1.18 bits per heavy atom. The fourth-order valence-corrected chi connectivity index (χ4v) is 3.83. The van der Waals surface area contributed by atoms with E-state index in [1.54, 1.807) is 18.2 Å². The highest BCUT2D eigenvalue weighted by Crippen LogP contribution is 2.40. The Kier molecular flexibility index (Phi) is 5.93. The molecule has 0 saturated carbocycles. The normalized spacial score (nSPS) is 16.3. The minimum atomic E-state index is -4.50. The van der Waals surface area contributed by atoms with Gasteiger partial charge in [-0.15, -0.1) is 11.8 Å². The van der Waals surface area contributed by atoms with Gasteiger partial charge in [0, 0.05) is 17.9 Å². The molecule has 2 aromatic carbocycles. The maximum atomic E-state index is 13.5. The van der Waals surface area contributed by atoms with Gasteiger partial charge in [-0.2, -0.15) is 13.2 Å². The number of hydrogen-bond donors (Lipinski definition) is 2. The van der Waals surface area contributed by atoms with Crippen molar-refractivity contribution in [2.75, 3.05) is 11.9 Å². The second-order valence-electron chi connectivity index (χ2n) is 6.20. The Balaban J connectivity index is 1.56. The van der Waals surface area contributed by atoms with Gasteiger partial charge in [-0.05, 0) is 36.2 Å². The predicted octanol–water partition coefficient (Wildman–Crippen LogP) is 4.01. The molecule has 0 spiro atoms. The van der Waals surface area contributed by atoms with Crippen molar-refractivity contribution in [1.29, 1.82) is 0 Å². The summed E-state index contributed by atoms with van der Waals surface area (Å²) in [5.41, 5.74) is -0.292. The van der Waals surface area contributed by atoms with E-state index in [-0.39, 0.29) is 30.4 Å². The van der Waals surface area contributed by atoms with Crippen LogP contribution < -0.4 is 10.6 Å². The van der Waals surface area contributed by atoms with Crippen molar-refractivity contribution >= 4 is 29.3 Å². The molecule has 2 aromatic rings. The van der Waals surface area contributed by atoms with Crippen molar-refractivity contribution in [1.82, 2.24) is 5.32 Å². The number of rotatable bonds is 5. The Labute approximate surface area is 162 Å². The van der Waals surface area contributed by atoms with Crippen LogP contribution in [0.3, 0.4) is 0 Å². The summed E-state index contributed by atoms with van der Waals surface area (Å²) in [5, 5.41) is 4.31. The molecule has 4 nitrogen and oxygen atoms in total. The molecule has 148 valence electrons. The summed E-state index contributed by atoms with van der Waals surface area (Å²) >= 11 is 1.04. The van der Waals surface area contributed by atoms with Crippen molar-refractivity contribution in [2.45, 2.75) is 29.2 Å². The lowest BCUT2D eigenvalue weighted by molar-refractivity contribution is -0.137. The van der Waals surface area contributed by atoms with Crippen LogP contribution in [0.15, 0.2) is 47.4 Å². The SMILES string of the molecule is O=C(CC1Sc2ccc(C(F)(F)F)cc2NC1=O)NCCc1ccccc1F. The minimum Gasteiger partial charge on any atom is -0.356 e. The summed E-state index contributed by atoms with van der Waals surface area (Å²) in [7, 11) is 0. The molecule has 28 heavy (non-hydrogen) atoms. The van der Waals surface area contributed by atoms with E-state index in [0.29, 0.717) is 16.9 Å². The van der Waals surface area contributed by atoms with E-state index >= 15 is 0 Å².